The van der Waals surface area contributed by atoms with E-state index in [0.717, 1.165) is 16.9 Å². The summed E-state index contributed by atoms with van der Waals surface area (Å²) in [5, 5.41) is 4.78. The third kappa shape index (κ3) is 2.94. The molecule has 7 heteroatoms. The standard InChI is InChI=1S/C22H29N5O2/c1-22(2,3)29-21(28)26-11-14(12-26)27-20-16(10-24-27)15-6-5-7-17(23)19(15)25(4)18(20)13-8-9-13/h5-7,10,13-14,18H,8-9,11-12,23H2,1-4H3. The van der Waals surface area contributed by atoms with Crippen molar-refractivity contribution in [3.8, 4) is 11.1 Å². The Kier molecular flexibility index (Phi) is 3.89. The number of nitrogen functional groups attached to an aromatic ring is 1. The Hall–Kier alpha value is -2.70. The summed E-state index contributed by atoms with van der Waals surface area (Å²) in [6.45, 7) is 6.95. The normalized spacial score (nSPS) is 21.4. The third-order valence-electron chi connectivity index (χ3n) is 6.17. The number of para-hydroxylation sites is 1. The first kappa shape index (κ1) is 18.3. The lowest BCUT2D eigenvalue weighted by Crippen LogP contribution is -2.53. The molecule has 1 aliphatic carbocycles. The topological polar surface area (TPSA) is 76.6 Å². The van der Waals surface area contributed by atoms with Gasteiger partial charge in [-0.3, -0.25) is 4.68 Å². The first-order valence-corrected chi connectivity index (χ1v) is 10.4. The van der Waals surface area contributed by atoms with Crippen LogP contribution in [0.25, 0.3) is 11.1 Å². The van der Waals surface area contributed by atoms with Gasteiger partial charge >= 0.3 is 6.09 Å². The summed E-state index contributed by atoms with van der Waals surface area (Å²) in [6, 6.07) is 6.57. The van der Waals surface area contributed by atoms with Gasteiger partial charge in [0.05, 0.1) is 35.3 Å². The third-order valence-corrected chi connectivity index (χ3v) is 6.17. The number of fused-ring (bicyclic) bond motifs is 3. The van der Waals surface area contributed by atoms with Gasteiger partial charge in [0, 0.05) is 31.3 Å². The molecule has 2 aromatic rings. The lowest BCUT2D eigenvalue weighted by molar-refractivity contribution is -0.000925. The molecule has 154 valence electrons. The smallest absolute Gasteiger partial charge is 0.410 e. The van der Waals surface area contributed by atoms with Crippen LogP contribution in [-0.4, -0.2) is 46.5 Å². The lowest BCUT2D eigenvalue weighted by atomic mass is 9.90. The molecule has 1 aromatic heterocycles. The second-order valence-electron chi connectivity index (χ2n) is 9.56. The fourth-order valence-corrected chi connectivity index (χ4v) is 4.70. The number of carbonyl (C=O) groups is 1. The Morgan fingerprint density at radius 1 is 1.21 bits per heavy atom. The van der Waals surface area contributed by atoms with Crippen LogP contribution >= 0.6 is 0 Å². The van der Waals surface area contributed by atoms with E-state index in [2.05, 4.69) is 22.7 Å². The van der Waals surface area contributed by atoms with Gasteiger partial charge in [-0.2, -0.15) is 5.10 Å². The van der Waals surface area contributed by atoms with E-state index < -0.39 is 5.60 Å². The highest BCUT2D eigenvalue weighted by Gasteiger charge is 2.45. The van der Waals surface area contributed by atoms with Crippen LogP contribution in [0.3, 0.4) is 0 Å². The maximum absolute atomic E-state index is 12.3. The van der Waals surface area contributed by atoms with Gasteiger partial charge in [0.15, 0.2) is 0 Å². The number of likely N-dealkylation sites (tertiary alicyclic amines) is 1. The van der Waals surface area contributed by atoms with E-state index in [1.807, 2.05) is 39.1 Å². The maximum Gasteiger partial charge on any atom is 0.410 e. The number of ether oxygens (including phenoxy) is 1. The Labute approximate surface area is 171 Å². The summed E-state index contributed by atoms with van der Waals surface area (Å²) in [4.78, 5) is 16.4. The molecule has 1 saturated heterocycles. The number of amides is 1. The summed E-state index contributed by atoms with van der Waals surface area (Å²) in [6.07, 6.45) is 4.20. The minimum Gasteiger partial charge on any atom is -0.444 e. The van der Waals surface area contributed by atoms with Crippen molar-refractivity contribution >= 4 is 17.5 Å². The van der Waals surface area contributed by atoms with Crippen molar-refractivity contribution in [2.45, 2.75) is 51.3 Å². The van der Waals surface area contributed by atoms with E-state index in [9.17, 15) is 4.79 Å². The molecule has 1 atom stereocenters. The van der Waals surface area contributed by atoms with Gasteiger partial charge in [-0.25, -0.2) is 4.79 Å². The van der Waals surface area contributed by atoms with Gasteiger partial charge in [0.1, 0.15) is 5.60 Å². The average molecular weight is 396 g/mol. The zero-order valence-corrected chi connectivity index (χ0v) is 17.6. The van der Waals surface area contributed by atoms with E-state index >= 15 is 0 Å². The molecule has 5 rings (SSSR count). The SMILES string of the molecule is CN1c2c(N)cccc2-c2cnn(C3CN(C(=O)OC(C)(C)C)C3)c2C1C1CC1. The monoisotopic (exact) mass is 395 g/mol. The Bertz CT molecular complexity index is 966. The van der Waals surface area contributed by atoms with E-state index in [4.69, 9.17) is 15.6 Å². The van der Waals surface area contributed by atoms with Crippen LogP contribution in [0, 0.1) is 5.92 Å². The maximum atomic E-state index is 12.3. The Morgan fingerprint density at radius 3 is 2.59 bits per heavy atom. The van der Waals surface area contributed by atoms with Crippen molar-refractivity contribution in [1.29, 1.82) is 0 Å². The number of carbonyl (C=O) groups excluding carboxylic acids is 1. The fraction of sp³-hybridized carbons (Fsp3) is 0.545. The molecule has 1 unspecified atom stereocenters. The molecular weight excluding hydrogens is 366 g/mol. The van der Waals surface area contributed by atoms with Crippen molar-refractivity contribution in [2.24, 2.45) is 5.92 Å². The number of nitrogens with zero attached hydrogens (tertiary/aromatic N) is 4. The zero-order valence-electron chi connectivity index (χ0n) is 17.6. The Morgan fingerprint density at radius 2 is 1.93 bits per heavy atom. The van der Waals surface area contributed by atoms with Crippen molar-refractivity contribution in [2.75, 3.05) is 30.8 Å². The molecule has 3 aliphatic rings. The molecule has 1 aromatic carbocycles. The van der Waals surface area contributed by atoms with Crippen LogP contribution in [0.2, 0.25) is 0 Å². The van der Waals surface area contributed by atoms with Gasteiger partial charge in [0.2, 0.25) is 0 Å². The first-order chi connectivity index (χ1) is 13.7. The zero-order chi connectivity index (χ0) is 20.5. The Balaban J connectivity index is 1.46. The van der Waals surface area contributed by atoms with E-state index in [1.54, 1.807) is 4.90 Å². The highest BCUT2D eigenvalue weighted by Crippen LogP contribution is 2.54. The molecule has 3 heterocycles. The van der Waals surface area contributed by atoms with E-state index in [1.165, 1.54) is 24.1 Å². The van der Waals surface area contributed by atoms with Crippen molar-refractivity contribution < 1.29 is 9.53 Å². The second-order valence-corrected chi connectivity index (χ2v) is 9.56. The number of anilines is 2. The van der Waals surface area contributed by atoms with Crippen LogP contribution < -0.4 is 10.6 Å². The van der Waals surface area contributed by atoms with Crippen LogP contribution in [0.15, 0.2) is 24.4 Å². The molecule has 1 saturated carbocycles. The molecule has 2 N–H and O–H groups in total. The number of benzene rings is 1. The van der Waals surface area contributed by atoms with Gasteiger partial charge in [-0.05, 0) is 45.6 Å². The molecule has 2 aliphatic heterocycles. The van der Waals surface area contributed by atoms with E-state index in [0.29, 0.717) is 19.0 Å². The van der Waals surface area contributed by atoms with Crippen LogP contribution in [0.4, 0.5) is 16.2 Å². The van der Waals surface area contributed by atoms with Gasteiger partial charge in [-0.15, -0.1) is 0 Å². The largest absolute Gasteiger partial charge is 0.444 e. The summed E-state index contributed by atoms with van der Waals surface area (Å²) in [5.41, 5.74) is 11.4. The van der Waals surface area contributed by atoms with Crippen LogP contribution in [0.5, 0.6) is 0 Å². The number of rotatable bonds is 2. The molecule has 7 nitrogen and oxygen atoms in total. The molecule has 1 amide bonds. The fourth-order valence-electron chi connectivity index (χ4n) is 4.70. The highest BCUT2D eigenvalue weighted by atomic mass is 16.6. The summed E-state index contributed by atoms with van der Waals surface area (Å²) in [5.74, 6) is 0.629. The molecule has 0 radical (unpaired) electrons. The summed E-state index contributed by atoms with van der Waals surface area (Å²) < 4.78 is 7.66. The number of hydrogen-bond acceptors (Lipinski definition) is 5. The first-order valence-electron chi connectivity index (χ1n) is 10.4. The van der Waals surface area contributed by atoms with Gasteiger partial charge < -0.3 is 20.3 Å². The molecule has 2 fully saturated rings. The average Bonchev–Trinajstić information content (AvgIpc) is 3.32. The number of hydrogen-bond donors (Lipinski definition) is 1. The van der Waals surface area contributed by atoms with Gasteiger partial charge in [-0.1, -0.05) is 12.1 Å². The number of aromatic nitrogens is 2. The molecule has 0 bridgehead atoms. The van der Waals surface area contributed by atoms with Crippen molar-refractivity contribution in [3.05, 3.63) is 30.1 Å². The van der Waals surface area contributed by atoms with Crippen LogP contribution in [0.1, 0.15) is 51.4 Å². The van der Waals surface area contributed by atoms with Gasteiger partial charge in [0.25, 0.3) is 0 Å². The number of nitrogens with two attached hydrogens (primary N) is 1. The minimum atomic E-state index is -0.476. The second kappa shape index (κ2) is 6.15. The predicted molar refractivity (Wildman–Crippen MR) is 113 cm³/mol. The quantitative estimate of drug-likeness (QED) is 0.782. The molecule has 0 spiro atoms. The van der Waals surface area contributed by atoms with E-state index in [-0.39, 0.29) is 18.2 Å². The summed E-state index contributed by atoms with van der Waals surface area (Å²) >= 11 is 0. The van der Waals surface area contributed by atoms with Crippen LogP contribution in [-0.2, 0) is 4.74 Å². The molecular formula is C22H29N5O2. The highest BCUT2D eigenvalue weighted by molar-refractivity contribution is 5.90. The van der Waals surface area contributed by atoms with Crippen molar-refractivity contribution in [3.63, 3.8) is 0 Å². The predicted octanol–water partition coefficient (Wildman–Crippen LogP) is 3.83. The minimum absolute atomic E-state index is 0.184. The summed E-state index contributed by atoms with van der Waals surface area (Å²) in [7, 11) is 2.15. The lowest BCUT2D eigenvalue weighted by Gasteiger charge is -2.43. The van der Waals surface area contributed by atoms with Crippen molar-refractivity contribution in [1.82, 2.24) is 14.7 Å². The molecule has 29 heavy (non-hydrogen) atoms.